The van der Waals surface area contributed by atoms with Gasteiger partial charge in [-0.1, -0.05) is 234 Å². The fourth-order valence-corrected chi connectivity index (χ4v) is 7.52. The van der Waals surface area contributed by atoms with Crippen LogP contribution in [0.1, 0.15) is 258 Å². The molecule has 62 heavy (non-hydrogen) atoms. The molecule has 1 atom stereocenters. The van der Waals surface area contributed by atoms with Crippen molar-refractivity contribution in [1.82, 2.24) is 0 Å². The van der Waals surface area contributed by atoms with E-state index in [4.69, 9.17) is 9.47 Å². The molecule has 0 aliphatic rings. The summed E-state index contributed by atoms with van der Waals surface area (Å²) in [5, 5.41) is 9.63. The summed E-state index contributed by atoms with van der Waals surface area (Å²) in [7, 11) is 0. The summed E-state index contributed by atoms with van der Waals surface area (Å²) in [5.74, 6) is -0.598. The minimum absolute atomic E-state index is 0.0721. The van der Waals surface area contributed by atoms with Crippen LogP contribution in [0.5, 0.6) is 0 Å². The quantitative estimate of drug-likeness (QED) is 0.0375. The van der Waals surface area contributed by atoms with Crippen LogP contribution in [0.3, 0.4) is 0 Å². The van der Waals surface area contributed by atoms with Gasteiger partial charge < -0.3 is 14.6 Å². The molecule has 0 amide bonds. The van der Waals surface area contributed by atoms with E-state index in [0.29, 0.717) is 12.8 Å². The van der Waals surface area contributed by atoms with Crippen LogP contribution in [0.2, 0.25) is 0 Å². The molecule has 0 rings (SSSR count). The number of hydrogen-bond acceptors (Lipinski definition) is 5. The number of rotatable bonds is 48. The molecular weight excluding hydrogens is 765 g/mol. The lowest BCUT2D eigenvalue weighted by atomic mass is 10.0. The van der Waals surface area contributed by atoms with Crippen molar-refractivity contribution in [2.75, 3.05) is 13.2 Å². The highest BCUT2D eigenvalue weighted by Crippen LogP contribution is 2.16. The lowest BCUT2D eigenvalue weighted by molar-refractivity contribution is -0.161. The number of unbranched alkanes of at least 4 members (excludes halogenated alkanes) is 28. The summed E-state index contributed by atoms with van der Waals surface area (Å²) >= 11 is 0. The van der Waals surface area contributed by atoms with E-state index in [1.165, 1.54) is 154 Å². The number of ether oxygens (including phenoxy) is 2. The van der Waals surface area contributed by atoms with Crippen molar-refractivity contribution in [3.63, 3.8) is 0 Å². The Balaban J connectivity index is 3.48. The second-order valence-corrected chi connectivity index (χ2v) is 17.6. The van der Waals surface area contributed by atoms with Crippen molar-refractivity contribution in [2.24, 2.45) is 0 Å². The first-order chi connectivity index (χ1) is 30.6. The Hall–Kier alpha value is -2.66. The van der Waals surface area contributed by atoms with Gasteiger partial charge in [-0.3, -0.25) is 9.59 Å². The van der Waals surface area contributed by atoms with Crippen LogP contribution < -0.4 is 0 Å². The number of carbonyl (C=O) groups excluding carboxylic acids is 2. The van der Waals surface area contributed by atoms with Crippen molar-refractivity contribution in [3.05, 3.63) is 72.9 Å². The van der Waals surface area contributed by atoms with Gasteiger partial charge in [-0.2, -0.15) is 0 Å². The molecule has 0 aromatic rings. The normalized spacial score (nSPS) is 12.8. The van der Waals surface area contributed by atoms with Crippen molar-refractivity contribution in [2.45, 2.75) is 264 Å². The van der Waals surface area contributed by atoms with Crippen LogP contribution in [-0.2, 0) is 19.1 Å². The van der Waals surface area contributed by atoms with Crippen LogP contribution >= 0.6 is 0 Å². The maximum atomic E-state index is 12.3. The smallest absolute Gasteiger partial charge is 0.306 e. The first-order valence-corrected chi connectivity index (χ1v) is 26.5. The molecule has 0 saturated carbocycles. The summed E-state index contributed by atoms with van der Waals surface area (Å²) in [4.78, 5) is 24.4. The van der Waals surface area contributed by atoms with Gasteiger partial charge in [-0.25, -0.2) is 0 Å². The number of esters is 2. The fourth-order valence-electron chi connectivity index (χ4n) is 7.52. The van der Waals surface area contributed by atoms with Gasteiger partial charge in [0.15, 0.2) is 6.10 Å². The van der Waals surface area contributed by atoms with Crippen LogP contribution in [-0.4, -0.2) is 36.4 Å². The number of carbonyl (C=O) groups is 2. The van der Waals surface area contributed by atoms with Gasteiger partial charge in [-0.05, 0) is 83.5 Å². The lowest BCUT2D eigenvalue weighted by Gasteiger charge is -2.15. The highest BCUT2D eigenvalue weighted by atomic mass is 16.6. The van der Waals surface area contributed by atoms with E-state index in [-0.39, 0.29) is 25.2 Å². The monoisotopic (exact) mass is 865 g/mol. The maximum absolute atomic E-state index is 12.3. The summed E-state index contributed by atoms with van der Waals surface area (Å²) in [6, 6.07) is 0. The molecular formula is C57H100O5. The maximum Gasteiger partial charge on any atom is 0.306 e. The van der Waals surface area contributed by atoms with Gasteiger partial charge in [0.2, 0.25) is 0 Å². The van der Waals surface area contributed by atoms with Crippen molar-refractivity contribution in [1.29, 1.82) is 0 Å². The molecule has 5 heteroatoms. The largest absolute Gasteiger partial charge is 0.462 e. The predicted molar refractivity (Wildman–Crippen MR) is 270 cm³/mol. The van der Waals surface area contributed by atoms with Crippen LogP contribution in [0.15, 0.2) is 72.9 Å². The van der Waals surface area contributed by atoms with E-state index in [0.717, 1.165) is 77.0 Å². The molecule has 0 aromatic heterocycles. The van der Waals surface area contributed by atoms with E-state index in [1.54, 1.807) is 0 Å². The Kier molecular flexibility index (Phi) is 50.4. The zero-order valence-corrected chi connectivity index (χ0v) is 40.9. The van der Waals surface area contributed by atoms with E-state index < -0.39 is 6.10 Å². The first-order valence-electron chi connectivity index (χ1n) is 26.5. The van der Waals surface area contributed by atoms with E-state index in [9.17, 15) is 14.7 Å². The van der Waals surface area contributed by atoms with Gasteiger partial charge in [0.1, 0.15) is 6.61 Å². The van der Waals surface area contributed by atoms with Gasteiger partial charge >= 0.3 is 11.9 Å². The molecule has 1 N–H and O–H groups in total. The minimum atomic E-state index is -0.779. The summed E-state index contributed by atoms with van der Waals surface area (Å²) in [5.41, 5.74) is 0. The molecule has 0 bridgehead atoms. The van der Waals surface area contributed by atoms with Crippen molar-refractivity contribution < 1.29 is 24.2 Å². The second-order valence-electron chi connectivity index (χ2n) is 17.6. The Morgan fingerprint density at radius 1 is 0.387 bits per heavy atom. The molecule has 0 saturated heterocycles. The molecule has 0 aromatic carbocycles. The Morgan fingerprint density at radius 2 is 0.694 bits per heavy atom. The molecule has 0 radical (unpaired) electrons. The summed E-state index contributed by atoms with van der Waals surface area (Å²) in [6.45, 7) is 4.02. The second kappa shape index (κ2) is 52.7. The predicted octanol–water partition coefficient (Wildman–Crippen LogP) is 17.6. The molecule has 1 unspecified atom stereocenters. The van der Waals surface area contributed by atoms with Gasteiger partial charge in [0.05, 0.1) is 6.61 Å². The third-order valence-electron chi connectivity index (χ3n) is 11.5. The molecule has 0 aliphatic carbocycles. The highest BCUT2D eigenvalue weighted by molar-refractivity contribution is 5.70. The average molecular weight is 865 g/mol. The number of aliphatic hydroxyl groups excluding tert-OH is 1. The van der Waals surface area contributed by atoms with E-state index in [1.807, 2.05) is 0 Å². The summed E-state index contributed by atoms with van der Waals surface area (Å²) < 4.78 is 10.7. The standard InChI is InChI=1S/C57H100O5/c1-3-5-7-9-11-13-15-17-19-21-22-23-24-25-26-27-28-29-30-31-32-33-34-36-38-40-42-44-46-48-50-52-57(60)62-55(53-58)54-61-56(59)51-49-47-45-43-41-39-37-35-20-18-16-14-12-10-8-6-4-2/h6,8,12,14-15,17-18,20-22,24-25,55,58H,3-5,7,9-11,13,16,19,23,26-54H2,1-2H3/b8-6-,14-12-,17-15-,20-18-,22-21-,25-24-. The lowest BCUT2D eigenvalue weighted by Crippen LogP contribution is -2.28. The number of hydrogen-bond donors (Lipinski definition) is 1. The fraction of sp³-hybridized carbons (Fsp3) is 0.754. The topological polar surface area (TPSA) is 72.8 Å². The molecule has 0 heterocycles. The Bertz CT molecular complexity index is 1110. The van der Waals surface area contributed by atoms with Crippen LogP contribution in [0.4, 0.5) is 0 Å². The molecule has 0 aliphatic heterocycles. The van der Waals surface area contributed by atoms with Crippen molar-refractivity contribution in [3.8, 4) is 0 Å². The SMILES string of the molecule is CC/C=C\C/C=C\C/C=C\CCCCCCCCCC(=O)OCC(CO)OC(=O)CCCCCCCCCCCCCCCCCC/C=C\C/C=C\C/C=C\CCCCCCC. The minimum Gasteiger partial charge on any atom is -0.462 e. The number of aliphatic hydroxyl groups is 1. The zero-order chi connectivity index (χ0) is 44.9. The zero-order valence-electron chi connectivity index (χ0n) is 40.9. The highest BCUT2D eigenvalue weighted by Gasteiger charge is 2.16. The van der Waals surface area contributed by atoms with Gasteiger partial charge in [0, 0.05) is 12.8 Å². The van der Waals surface area contributed by atoms with Crippen LogP contribution in [0.25, 0.3) is 0 Å². The van der Waals surface area contributed by atoms with E-state index >= 15 is 0 Å². The molecule has 0 spiro atoms. The average Bonchev–Trinajstić information content (AvgIpc) is 3.28. The molecule has 5 nitrogen and oxygen atoms in total. The third-order valence-corrected chi connectivity index (χ3v) is 11.5. The van der Waals surface area contributed by atoms with Gasteiger partial charge in [-0.15, -0.1) is 0 Å². The Labute approximate surface area is 384 Å². The molecule has 0 fully saturated rings. The van der Waals surface area contributed by atoms with E-state index in [2.05, 4.69) is 86.8 Å². The Morgan fingerprint density at radius 3 is 1.05 bits per heavy atom. The number of allylic oxidation sites excluding steroid dienone is 12. The first kappa shape index (κ1) is 59.3. The summed E-state index contributed by atoms with van der Waals surface area (Å²) in [6.07, 6.45) is 71.5. The van der Waals surface area contributed by atoms with Gasteiger partial charge in [0.25, 0.3) is 0 Å². The van der Waals surface area contributed by atoms with Crippen molar-refractivity contribution >= 4 is 11.9 Å². The van der Waals surface area contributed by atoms with Crippen LogP contribution in [0, 0.1) is 0 Å². The third kappa shape index (κ3) is 50.0. The molecule has 358 valence electrons.